The summed E-state index contributed by atoms with van der Waals surface area (Å²) in [5, 5.41) is 3.68. The van der Waals surface area contributed by atoms with Crippen molar-refractivity contribution in [2.75, 3.05) is 12.4 Å². The average Bonchev–Trinajstić information content (AvgIpc) is 3.34. The molecule has 0 saturated carbocycles. The number of aromatic nitrogens is 2. The molecule has 3 aromatic heterocycles. The normalized spacial score (nSPS) is 11.2. The van der Waals surface area contributed by atoms with Crippen molar-refractivity contribution in [3.05, 3.63) is 56.3 Å². The highest BCUT2D eigenvalue weighted by Crippen LogP contribution is 2.41. The second kappa shape index (κ2) is 8.55. The molecule has 1 N–H and O–H groups in total. The summed E-state index contributed by atoms with van der Waals surface area (Å²) >= 11 is 5.04. The fourth-order valence-electron chi connectivity index (χ4n) is 3.68. The van der Waals surface area contributed by atoms with Crippen molar-refractivity contribution in [1.82, 2.24) is 9.55 Å². The minimum Gasteiger partial charge on any atom is -0.464 e. The molecule has 32 heavy (non-hydrogen) atoms. The number of aryl methyl sites for hydroxylation is 3. The molecule has 0 aliphatic carbocycles. The number of hydrogen-bond donors (Lipinski definition) is 1. The van der Waals surface area contributed by atoms with Gasteiger partial charge in [0.1, 0.15) is 16.3 Å². The minimum absolute atomic E-state index is 0.257. The second-order valence-electron chi connectivity index (χ2n) is 7.48. The first-order valence-electron chi connectivity index (χ1n) is 9.91. The molecule has 4 aromatic rings. The first-order chi connectivity index (χ1) is 15.2. The van der Waals surface area contributed by atoms with E-state index in [0.29, 0.717) is 35.3 Å². The number of amides is 1. The summed E-state index contributed by atoms with van der Waals surface area (Å²) in [6, 6.07) is 7.71. The van der Waals surface area contributed by atoms with Gasteiger partial charge in [-0.15, -0.1) is 11.3 Å². The number of methoxy groups -OCH3 is 1. The number of hydrogen-bond acceptors (Lipinski definition) is 6. The van der Waals surface area contributed by atoms with Crippen LogP contribution < -0.4 is 5.32 Å². The van der Waals surface area contributed by atoms with Crippen molar-refractivity contribution < 1.29 is 18.7 Å². The maximum Gasteiger partial charge on any atom is 0.356 e. The van der Waals surface area contributed by atoms with Gasteiger partial charge in [0, 0.05) is 27.2 Å². The Morgan fingerprint density at radius 1 is 1.28 bits per heavy atom. The molecular formula is C23H22BrN3O4S. The average molecular weight is 516 g/mol. The van der Waals surface area contributed by atoms with Crippen molar-refractivity contribution >= 4 is 55.0 Å². The number of carbonyl (C=O) groups is 2. The predicted octanol–water partition coefficient (Wildman–Crippen LogP) is 5.84. The van der Waals surface area contributed by atoms with Crippen LogP contribution >= 0.6 is 27.3 Å². The maximum absolute atomic E-state index is 12.8. The molecular weight excluding hydrogens is 494 g/mol. The lowest BCUT2D eigenvalue weighted by Gasteiger charge is -2.10. The molecule has 1 aromatic carbocycles. The monoisotopic (exact) mass is 515 g/mol. The fourth-order valence-corrected chi connectivity index (χ4v) is 5.24. The Balaban J connectivity index is 1.89. The molecule has 0 bridgehead atoms. The van der Waals surface area contributed by atoms with Gasteiger partial charge in [0.05, 0.1) is 19.3 Å². The number of thiophene rings is 1. The van der Waals surface area contributed by atoms with Crippen LogP contribution in [0.1, 0.15) is 39.3 Å². The molecule has 166 valence electrons. The number of halogens is 1. The molecule has 4 rings (SSSR count). The molecule has 0 fully saturated rings. The molecule has 0 saturated heterocycles. The van der Waals surface area contributed by atoms with E-state index in [4.69, 9.17) is 14.1 Å². The summed E-state index contributed by atoms with van der Waals surface area (Å²) < 4.78 is 13.8. The van der Waals surface area contributed by atoms with E-state index in [1.807, 2.05) is 49.6 Å². The van der Waals surface area contributed by atoms with Crippen molar-refractivity contribution in [3.63, 3.8) is 0 Å². The third kappa shape index (κ3) is 3.86. The molecule has 1 amide bonds. The Labute approximate surface area is 197 Å². The number of benzene rings is 1. The van der Waals surface area contributed by atoms with Gasteiger partial charge in [-0.25, -0.2) is 9.78 Å². The maximum atomic E-state index is 12.8. The van der Waals surface area contributed by atoms with Gasteiger partial charge in [-0.2, -0.15) is 0 Å². The molecule has 9 heteroatoms. The van der Waals surface area contributed by atoms with Crippen molar-refractivity contribution in [3.8, 4) is 11.5 Å². The number of nitrogens with one attached hydrogen (secondary N) is 1. The van der Waals surface area contributed by atoms with Gasteiger partial charge in [0.25, 0.3) is 0 Å². The highest BCUT2D eigenvalue weighted by atomic mass is 79.9. The van der Waals surface area contributed by atoms with Gasteiger partial charge in [0.15, 0.2) is 5.69 Å². The van der Waals surface area contributed by atoms with Gasteiger partial charge < -0.3 is 19.0 Å². The van der Waals surface area contributed by atoms with E-state index in [1.165, 1.54) is 14.0 Å². The standard InChI is InChI=1S/C23H22BrN3O4S/c1-11-13(3)32-22-18(11)19(25-14(4)28)20(23(29)30-5)27(22)10-17-12(2)31-21(26-17)15-7-6-8-16(24)9-15/h6-9H,10H2,1-5H3,(H,25,28). The Hall–Kier alpha value is -2.91. The number of carbonyl (C=O) groups excluding carboxylic acids is 2. The van der Waals surface area contributed by atoms with E-state index in [-0.39, 0.29) is 5.91 Å². The lowest BCUT2D eigenvalue weighted by Crippen LogP contribution is -2.16. The van der Waals surface area contributed by atoms with Gasteiger partial charge >= 0.3 is 5.97 Å². The number of rotatable bonds is 5. The molecule has 0 radical (unpaired) electrons. The van der Waals surface area contributed by atoms with E-state index < -0.39 is 5.97 Å². The zero-order valence-electron chi connectivity index (χ0n) is 18.3. The van der Waals surface area contributed by atoms with Crippen LogP contribution in [0.4, 0.5) is 5.69 Å². The second-order valence-corrected chi connectivity index (χ2v) is 9.60. The predicted molar refractivity (Wildman–Crippen MR) is 128 cm³/mol. The Morgan fingerprint density at radius 2 is 2.03 bits per heavy atom. The third-order valence-electron chi connectivity index (χ3n) is 5.32. The highest BCUT2D eigenvalue weighted by Gasteiger charge is 2.28. The Kier molecular flexibility index (Phi) is 5.96. The summed E-state index contributed by atoms with van der Waals surface area (Å²) in [5.41, 5.74) is 3.32. The molecule has 0 aliphatic rings. The lowest BCUT2D eigenvalue weighted by molar-refractivity contribution is -0.114. The smallest absolute Gasteiger partial charge is 0.356 e. The van der Waals surface area contributed by atoms with Crippen LogP contribution in [-0.4, -0.2) is 28.5 Å². The van der Waals surface area contributed by atoms with E-state index in [0.717, 1.165) is 30.7 Å². The molecule has 0 unspecified atom stereocenters. The minimum atomic E-state index is -0.525. The highest BCUT2D eigenvalue weighted by molar-refractivity contribution is 9.10. The Morgan fingerprint density at radius 3 is 2.69 bits per heavy atom. The van der Waals surface area contributed by atoms with Crippen molar-refractivity contribution in [2.24, 2.45) is 0 Å². The molecule has 7 nitrogen and oxygen atoms in total. The summed E-state index contributed by atoms with van der Waals surface area (Å²) in [6.45, 7) is 7.57. The molecule has 0 spiro atoms. The molecule has 0 aliphatic heterocycles. The summed E-state index contributed by atoms with van der Waals surface area (Å²) in [5.74, 6) is 0.376. The number of esters is 1. The number of fused-ring (bicyclic) bond motifs is 1. The van der Waals surface area contributed by atoms with Crippen molar-refractivity contribution in [2.45, 2.75) is 34.2 Å². The van der Waals surface area contributed by atoms with Gasteiger partial charge in [-0.05, 0) is 44.5 Å². The number of oxazole rings is 1. The largest absolute Gasteiger partial charge is 0.464 e. The van der Waals surface area contributed by atoms with E-state index in [9.17, 15) is 9.59 Å². The van der Waals surface area contributed by atoms with Crippen LogP contribution in [0.5, 0.6) is 0 Å². The lowest BCUT2D eigenvalue weighted by atomic mass is 10.2. The van der Waals surface area contributed by atoms with Crippen LogP contribution in [-0.2, 0) is 16.1 Å². The van der Waals surface area contributed by atoms with E-state index in [2.05, 4.69) is 21.2 Å². The quantitative estimate of drug-likeness (QED) is 0.337. The first kappa shape index (κ1) is 22.3. The van der Waals surface area contributed by atoms with Crippen LogP contribution in [0.25, 0.3) is 21.7 Å². The SMILES string of the molecule is COC(=O)c1c(NC(C)=O)c2c(C)c(C)sc2n1Cc1nc(-c2cccc(Br)c2)oc1C. The summed E-state index contributed by atoms with van der Waals surface area (Å²) in [6.07, 6.45) is 0. The van der Waals surface area contributed by atoms with Crippen LogP contribution in [0.3, 0.4) is 0 Å². The third-order valence-corrected chi connectivity index (χ3v) is 7.04. The Bertz CT molecular complexity index is 1370. The fraction of sp³-hybridized carbons (Fsp3) is 0.261. The van der Waals surface area contributed by atoms with Crippen molar-refractivity contribution in [1.29, 1.82) is 0 Å². The topological polar surface area (TPSA) is 86.4 Å². The zero-order valence-corrected chi connectivity index (χ0v) is 20.7. The van der Waals surface area contributed by atoms with Crippen LogP contribution in [0, 0.1) is 20.8 Å². The number of anilines is 1. The summed E-state index contributed by atoms with van der Waals surface area (Å²) in [7, 11) is 1.33. The molecule has 0 atom stereocenters. The zero-order chi connectivity index (χ0) is 23.2. The van der Waals surface area contributed by atoms with Gasteiger partial charge in [0.2, 0.25) is 11.8 Å². The number of ether oxygens (including phenoxy) is 1. The van der Waals surface area contributed by atoms with Crippen LogP contribution in [0.2, 0.25) is 0 Å². The van der Waals surface area contributed by atoms with E-state index >= 15 is 0 Å². The van der Waals surface area contributed by atoms with Gasteiger partial charge in [-0.1, -0.05) is 22.0 Å². The number of nitrogens with zero attached hydrogens (tertiary/aromatic N) is 2. The summed E-state index contributed by atoms with van der Waals surface area (Å²) in [4.78, 5) is 31.4. The van der Waals surface area contributed by atoms with Crippen LogP contribution in [0.15, 0.2) is 33.2 Å². The first-order valence-corrected chi connectivity index (χ1v) is 11.5. The molecule has 3 heterocycles. The van der Waals surface area contributed by atoms with Gasteiger partial charge in [-0.3, -0.25) is 4.79 Å². The van der Waals surface area contributed by atoms with E-state index in [1.54, 1.807) is 11.3 Å².